The smallest absolute Gasteiger partial charge is 0.307 e. The third kappa shape index (κ3) is 1.93. The second kappa shape index (κ2) is 4.44. The van der Waals surface area contributed by atoms with Crippen LogP contribution in [0.25, 0.3) is 0 Å². The van der Waals surface area contributed by atoms with Gasteiger partial charge < -0.3 is 10.2 Å². The monoisotopic (exact) mass is 228 g/mol. The van der Waals surface area contributed by atoms with Crippen LogP contribution in [0.1, 0.15) is 27.7 Å². The SMILES string of the molecule is CC1C(C)C(C(=O)O)C(C)C(C(=O)O)C1C. The minimum Gasteiger partial charge on any atom is -0.481 e. The summed E-state index contributed by atoms with van der Waals surface area (Å²) in [6.07, 6.45) is 0. The van der Waals surface area contributed by atoms with E-state index in [1.807, 2.05) is 20.8 Å². The molecule has 16 heavy (non-hydrogen) atoms. The number of carboxylic acids is 2. The van der Waals surface area contributed by atoms with Gasteiger partial charge in [-0.2, -0.15) is 0 Å². The molecule has 1 fully saturated rings. The summed E-state index contributed by atoms with van der Waals surface area (Å²) in [5.74, 6) is -2.97. The third-order valence-corrected chi connectivity index (χ3v) is 4.49. The van der Waals surface area contributed by atoms with E-state index in [0.29, 0.717) is 0 Å². The van der Waals surface area contributed by atoms with E-state index in [4.69, 9.17) is 0 Å². The summed E-state index contributed by atoms with van der Waals surface area (Å²) in [7, 11) is 0. The Morgan fingerprint density at radius 2 is 1.00 bits per heavy atom. The van der Waals surface area contributed by atoms with Gasteiger partial charge in [-0.25, -0.2) is 0 Å². The van der Waals surface area contributed by atoms with E-state index in [0.717, 1.165) is 0 Å². The number of hydrogen-bond acceptors (Lipinski definition) is 2. The fourth-order valence-electron chi connectivity index (χ4n) is 3.21. The van der Waals surface area contributed by atoms with Crippen LogP contribution in [0, 0.1) is 35.5 Å². The maximum atomic E-state index is 11.2. The van der Waals surface area contributed by atoms with Crippen molar-refractivity contribution in [3.8, 4) is 0 Å². The highest BCUT2D eigenvalue weighted by Gasteiger charge is 2.49. The van der Waals surface area contributed by atoms with Gasteiger partial charge in [0, 0.05) is 0 Å². The Morgan fingerprint density at radius 3 is 1.25 bits per heavy atom. The van der Waals surface area contributed by atoms with Crippen molar-refractivity contribution in [2.45, 2.75) is 27.7 Å². The van der Waals surface area contributed by atoms with Gasteiger partial charge >= 0.3 is 11.9 Å². The van der Waals surface area contributed by atoms with Crippen molar-refractivity contribution < 1.29 is 19.8 Å². The molecule has 0 bridgehead atoms. The first-order valence-electron chi connectivity index (χ1n) is 5.74. The van der Waals surface area contributed by atoms with Crippen LogP contribution in [-0.2, 0) is 9.59 Å². The minimum absolute atomic E-state index is 0.0260. The fraction of sp³-hybridized carbons (Fsp3) is 0.833. The van der Waals surface area contributed by atoms with Crippen LogP contribution >= 0.6 is 0 Å². The molecule has 0 aromatic rings. The predicted octanol–water partition coefficient (Wildman–Crippen LogP) is 1.95. The Labute approximate surface area is 95.7 Å². The lowest BCUT2D eigenvalue weighted by Crippen LogP contribution is -2.48. The minimum atomic E-state index is -0.870. The van der Waals surface area contributed by atoms with Crippen molar-refractivity contribution in [2.24, 2.45) is 35.5 Å². The molecule has 0 saturated heterocycles. The molecule has 0 aromatic carbocycles. The van der Waals surface area contributed by atoms with Crippen molar-refractivity contribution in [3.05, 3.63) is 0 Å². The van der Waals surface area contributed by atoms with Gasteiger partial charge in [0.05, 0.1) is 11.8 Å². The molecule has 2 N–H and O–H groups in total. The Balaban J connectivity index is 3.07. The molecule has 92 valence electrons. The summed E-state index contributed by atoms with van der Waals surface area (Å²) in [5, 5.41) is 18.4. The average Bonchev–Trinajstić information content (AvgIpc) is 2.13. The van der Waals surface area contributed by atoms with Crippen molar-refractivity contribution in [1.82, 2.24) is 0 Å². The van der Waals surface area contributed by atoms with Gasteiger partial charge in [-0.15, -0.1) is 0 Å². The quantitative estimate of drug-likeness (QED) is 0.757. The van der Waals surface area contributed by atoms with Gasteiger partial charge in [0.2, 0.25) is 0 Å². The molecular formula is C12H20O4. The Kier molecular flexibility index (Phi) is 3.61. The molecule has 4 unspecified atom stereocenters. The fourth-order valence-corrected chi connectivity index (χ4v) is 3.21. The maximum Gasteiger partial charge on any atom is 0.307 e. The number of aliphatic carboxylic acids is 2. The molecule has 0 amide bonds. The summed E-state index contributed by atoms with van der Waals surface area (Å²) in [6, 6.07) is 0. The highest BCUT2D eigenvalue weighted by Crippen LogP contribution is 2.45. The van der Waals surface area contributed by atoms with Crippen LogP contribution in [-0.4, -0.2) is 22.2 Å². The van der Waals surface area contributed by atoms with Crippen molar-refractivity contribution in [3.63, 3.8) is 0 Å². The van der Waals surface area contributed by atoms with Gasteiger partial charge in [0.1, 0.15) is 0 Å². The van der Waals surface area contributed by atoms with Crippen molar-refractivity contribution in [2.75, 3.05) is 0 Å². The van der Waals surface area contributed by atoms with E-state index in [9.17, 15) is 19.8 Å². The molecule has 0 aliphatic heterocycles. The number of hydrogen-bond donors (Lipinski definition) is 2. The van der Waals surface area contributed by atoms with Crippen LogP contribution in [0.4, 0.5) is 0 Å². The normalized spacial score (nSPS) is 44.0. The zero-order valence-corrected chi connectivity index (χ0v) is 10.2. The second-order valence-corrected chi connectivity index (χ2v) is 5.16. The highest BCUT2D eigenvalue weighted by atomic mass is 16.4. The topological polar surface area (TPSA) is 74.6 Å². The van der Waals surface area contributed by atoms with E-state index in [2.05, 4.69) is 0 Å². The molecule has 0 heterocycles. The van der Waals surface area contributed by atoms with E-state index in [1.54, 1.807) is 6.92 Å². The molecule has 0 aromatic heterocycles. The van der Waals surface area contributed by atoms with Crippen LogP contribution < -0.4 is 0 Å². The van der Waals surface area contributed by atoms with Crippen LogP contribution in [0.2, 0.25) is 0 Å². The lowest BCUT2D eigenvalue weighted by molar-refractivity contribution is -0.160. The average molecular weight is 228 g/mol. The van der Waals surface area contributed by atoms with Gasteiger partial charge in [0.15, 0.2) is 0 Å². The molecule has 4 nitrogen and oxygen atoms in total. The Bertz CT molecular complexity index is 271. The predicted molar refractivity (Wildman–Crippen MR) is 58.9 cm³/mol. The first-order chi connectivity index (χ1) is 7.29. The molecule has 1 rings (SSSR count). The highest BCUT2D eigenvalue weighted by molar-refractivity contribution is 5.75. The number of carbonyl (C=O) groups is 2. The Hall–Kier alpha value is -1.06. The van der Waals surface area contributed by atoms with Gasteiger partial charge in [-0.1, -0.05) is 27.7 Å². The number of rotatable bonds is 2. The summed E-state index contributed by atoms with van der Waals surface area (Å²) in [4.78, 5) is 22.4. The Morgan fingerprint density at radius 1 is 0.688 bits per heavy atom. The second-order valence-electron chi connectivity index (χ2n) is 5.16. The first-order valence-corrected chi connectivity index (χ1v) is 5.74. The third-order valence-electron chi connectivity index (χ3n) is 4.49. The maximum absolute atomic E-state index is 11.2. The van der Waals surface area contributed by atoms with Gasteiger partial charge in [-0.05, 0) is 23.7 Å². The van der Waals surface area contributed by atoms with Crippen LogP contribution in [0.15, 0.2) is 0 Å². The molecule has 4 heteroatoms. The van der Waals surface area contributed by atoms with Gasteiger partial charge in [0.25, 0.3) is 0 Å². The van der Waals surface area contributed by atoms with Gasteiger partial charge in [-0.3, -0.25) is 9.59 Å². The van der Waals surface area contributed by atoms with E-state index in [-0.39, 0.29) is 23.7 Å². The van der Waals surface area contributed by atoms with Crippen LogP contribution in [0.5, 0.6) is 0 Å². The van der Waals surface area contributed by atoms with Crippen molar-refractivity contribution >= 4 is 11.9 Å². The zero-order chi connectivity index (χ0) is 12.6. The summed E-state index contributed by atoms with van der Waals surface area (Å²) in [6.45, 7) is 7.52. The molecule has 4 atom stereocenters. The van der Waals surface area contributed by atoms with E-state index >= 15 is 0 Å². The summed E-state index contributed by atoms with van der Waals surface area (Å²) in [5.41, 5.74) is 0. The lowest BCUT2D eigenvalue weighted by Gasteiger charge is -2.44. The molecule has 1 aliphatic carbocycles. The van der Waals surface area contributed by atoms with Crippen LogP contribution in [0.3, 0.4) is 0 Å². The summed E-state index contributed by atoms with van der Waals surface area (Å²) >= 11 is 0. The molecule has 0 radical (unpaired) electrons. The molecule has 1 saturated carbocycles. The molecular weight excluding hydrogens is 208 g/mol. The van der Waals surface area contributed by atoms with Crippen molar-refractivity contribution in [1.29, 1.82) is 0 Å². The van der Waals surface area contributed by atoms with E-state index < -0.39 is 23.8 Å². The zero-order valence-electron chi connectivity index (χ0n) is 10.2. The molecule has 0 spiro atoms. The first kappa shape index (κ1) is 13.0. The molecule has 1 aliphatic rings. The lowest BCUT2D eigenvalue weighted by atomic mass is 9.59. The largest absolute Gasteiger partial charge is 0.481 e. The number of carboxylic acid groups (broad SMARTS) is 2. The standard InChI is InChI=1S/C12H20O4/c1-5-6(2)9(11(13)14)8(4)10(7(5)3)12(15)16/h5-10H,1-4H3,(H,13,14)(H,15,16). The van der Waals surface area contributed by atoms with E-state index in [1.165, 1.54) is 0 Å². The summed E-state index contributed by atoms with van der Waals surface area (Å²) < 4.78 is 0.